The lowest BCUT2D eigenvalue weighted by molar-refractivity contribution is -0.137. The molecule has 0 aromatic carbocycles. The Morgan fingerprint density at radius 1 is 1.25 bits per heavy atom. The van der Waals surface area contributed by atoms with E-state index in [2.05, 4.69) is 9.88 Å². The molecule has 2 aliphatic rings. The van der Waals surface area contributed by atoms with E-state index in [-0.39, 0.29) is 32.1 Å². The summed E-state index contributed by atoms with van der Waals surface area (Å²) in [6.07, 6.45) is -0.974. The Balaban J connectivity index is 1.82. The quantitative estimate of drug-likeness (QED) is 0.905. The smallest absolute Gasteiger partial charge is 0.384 e. The second-order valence-electron chi connectivity index (χ2n) is 6.55. The van der Waals surface area contributed by atoms with Gasteiger partial charge < -0.3 is 19.6 Å². The Labute approximate surface area is 139 Å². The summed E-state index contributed by atoms with van der Waals surface area (Å²) >= 11 is 0. The Hall–Kier alpha value is -1.38. The van der Waals surface area contributed by atoms with Crippen molar-refractivity contribution in [2.75, 3.05) is 50.8 Å². The molecule has 0 amide bonds. The number of hydrogen-bond acceptors (Lipinski definition) is 5. The van der Waals surface area contributed by atoms with Crippen molar-refractivity contribution in [1.29, 1.82) is 0 Å². The second kappa shape index (κ2) is 6.85. The third-order valence-corrected chi connectivity index (χ3v) is 4.47. The zero-order valence-electron chi connectivity index (χ0n) is 13.4. The van der Waals surface area contributed by atoms with Crippen LogP contribution >= 0.6 is 0 Å². The second-order valence-corrected chi connectivity index (χ2v) is 6.55. The van der Waals surface area contributed by atoms with Gasteiger partial charge in [0.25, 0.3) is 0 Å². The molecule has 24 heavy (non-hydrogen) atoms. The highest BCUT2D eigenvalue weighted by Crippen LogP contribution is 2.36. The van der Waals surface area contributed by atoms with Crippen LogP contribution in [-0.4, -0.2) is 66.5 Å². The number of pyridine rings is 1. The van der Waals surface area contributed by atoms with Gasteiger partial charge in [-0.25, -0.2) is 4.98 Å². The molecule has 1 N–H and O–H groups in total. The third-order valence-electron chi connectivity index (χ3n) is 4.47. The first-order chi connectivity index (χ1) is 11.4. The van der Waals surface area contributed by atoms with Gasteiger partial charge in [0, 0.05) is 19.3 Å². The van der Waals surface area contributed by atoms with Crippen molar-refractivity contribution in [3.63, 3.8) is 0 Å². The van der Waals surface area contributed by atoms with Gasteiger partial charge in [-0.1, -0.05) is 0 Å². The van der Waals surface area contributed by atoms with E-state index >= 15 is 0 Å². The fourth-order valence-electron chi connectivity index (χ4n) is 3.42. The van der Waals surface area contributed by atoms with Crippen molar-refractivity contribution in [2.24, 2.45) is 0 Å². The van der Waals surface area contributed by atoms with Crippen LogP contribution in [0.5, 0.6) is 0 Å². The number of aromatic nitrogens is 1. The SMILES string of the molecule is O[C@]1(CN2CCCC2)COCCN(c2ncccc2C(F)(F)F)C1. The minimum Gasteiger partial charge on any atom is -0.384 e. The van der Waals surface area contributed by atoms with Crippen LogP contribution in [0.4, 0.5) is 19.0 Å². The molecule has 0 unspecified atom stereocenters. The Morgan fingerprint density at radius 2 is 2.00 bits per heavy atom. The van der Waals surface area contributed by atoms with Crippen LogP contribution in [0.1, 0.15) is 18.4 Å². The maximum absolute atomic E-state index is 13.3. The number of β-amino-alcohol motifs (C(OH)–C–C–N with tert-alkyl or cyclic N) is 1. The van der Waals surface area contributed by atoms with Crippen molar-refractivity contribution >= 4 is 5.82 Å². The molecule has 0 bridgehead atoms. The summed E-state index contributed by atoms with van der Waals surface area (Å²) in [6, 6.07) is 2.30. The molecule has 1 atom stereocenters. The summed E-state index contributed by atoms with van der Waals surface area (Å²) in [5, 5.41) is 10.9. The summed E-state index contributed by atoms with van der Waals surface area (Å²) in [7, 11) is 0. The van der Waals surface area contributed by atoms with Crippen molar-refractivity contribution in [3.8, 4) is 0 Å². The van der Waals surface area contributed by atoms with Gasteiger partial charge in [-0.3, -0.25) is 0 Å². The lowest BCUT2D eigenvalue weighted by Gasteiger charge is -2.35. The zero-order valence-corrected chi connectivity index (χ0v) is 13.4. The summed E-state index contributed by atoms with van der Waals surface area (Å²) < 4.78 is 45.2. The van der Waals surface area contributed by atoms with Crippen molar-refractivity contribution in [2.45, 2.75) is 24.6 Å². The molecule has 0 saturated carbocycles. The maximum Gasteiger partial charge on any atom is 0.419 e. The average Bonchev–Trinajstić information content (AvgIpc) is 2.94. The van der Waals surface area contributed by atoms with Crippen molar-refractivity contribution in [3.05, 3.63) is 23.9 Å². The van der Waals surface area contributed by atoms with Gasteiger partial charge in [-0.15, -0.1) is 0 Å². The maximum atomic E-state index is 13.3. The molecule has 2 saturated heterocycles. The monoisotopic (exact) mass is 345 g/mol. The molecule has 1 aromatic rings. The molecule has 0 spiro atoms. The lowest BCUT2D eigenvalue weighted by Crippen LogP contribution is -2.52. The largest absolute Gasteiger partial charge is 0.419 e. The third kappa shape index (κ3) is 3.99. The van der Waals surface area contributed by atoms with Gasteiger partial charge in [0.1, 0.15) is 11.4 Å². The highest BCUT2D eigenvalue weighted by molar-refractivity contribution is 5.49. The van der Waals surface area contributed by atoms with Crippen LogP contribution in [0, 0.1) is 0 Å². The van der Waals surface area contributed by atoms with E-state index < -0.39 is 17.3 Å². The number of alkyl halides is 3. The Morgan fingerprint density at radius 3 is 2.71 bits per heavy atom. The normalized spacial score (nSPS) is 26.6. The fourth-order valence-corrected chi connectivity index (χ4v) is 3.42. The fraction of sp³-hybridized carbons (Fsp3) is 0.688. The molecule has 3 heterocycles. The number of hydrogen-bond donors (Lipinski definition) is 1. The number of likely N-dealkylation sites (tertiary alicyclic amines) is 1. The molecule has 8 heteroatoms. The average molecular weight is 345 g/mol. The minimum atomic E-state index is -4.48. The summed E-state index contributed by atoms with van der Waals surface area (Å²) in [5.74, 6) is -0.143. The van der Waals surface area contributed by atoms with Crippen LogP contribution in [0.3, 0.4) is 0 Å². The Bertz CT molecular complexity index is 564. The number of nitrogens with zero attached hydrogens (tertiary/aromatic N) is 3. The van der Waals surface area contributed by atoms with E-state index in [1.165, 1.54) is 17.2 Å². The first kappa shape index (κ1) is 17.4. The zero-order chi connectivity index (χ0) is 17.2. The number of anilines is 1. The van der Waals surface area contributed by atoms with Crippen molar-refractivity contribution < 1.29 is 23.0 Å². The number of rotatable bonds is 3. The van der Waals surface area contributed by atoms with E-state index in [0.717, 1.165) is 32.0 Å². The predicted molar refractivity (Wildman–Crippen MR) is 82.9 cm³/mol. The van der Waals surface area contributed by atoms with E-state index in [1.54, 1.807) is 0 Å². The van der Waals surface area contributed by atoms with E-state index in [1.807, 2.05) is 0 Å². The Kier molecular flexibility index (Phi) is 4.98. The van der Waals surface area contributed by atoms with Gasteiger partial charge in [0.2, 0.25) is 0 Å². The molecule has 2 aliphatic heterocycles. The highest BCUT2D eigenvalue weighted by Gasteiger charge is 2.40. The van der Waals surface area contributed by atoms with Gasteiger partial charge in [0.05, 0.1) is 25.3 Å². The standard InChI is InChI=1S/C16H22F3N3O2/c17-16(18,19)13-4-3-5-20-14(13)22-8-9-24-12-15(23,11-22)10-21-6-1-2-7-21/h3-5,23H,1-2,6-12H2/t15-/m0/s1. The van der Waals surface area contributed by atoms with E-state index in [4.69, 9.17) is 4.74 Å². The first-order valence-electron chi connectivity index (χ1n) is 8.17. The highest BCUT2D eigenvalue weighted by atomic mass is 19.4. The summed E-state index contributed by atoms with van der Waals surface area (Å²) in [5.41, 5.74) is -1.99. The van der Waals surface area contributed by atoms with E-state index in [9.17, 15) is 18.3 Å². The van der Waals surface area contributed by atoms with Crippen LogP contribution in [0.2, 0.25) is 0 Å². The first-order valence-corrected chi connectivity index (χ1v) is 8.17. The number of ether oxygens (including phenoxy) is 1. The predicted octanol–water partition coefficient (Wildman–Crippen LogP) is 1.76. The van der Waals surface area contributed by atoms with Crippen LogP contribution in [-0.2, 0) is 10.9 Å². The van der Waals surface area contributed by atoms with Gasteiger partial charge in [-0.2, -0.15) is 13.2 Å². The molecule has 0 radical (unpaired) electrons. The molecule has 1 aromatic heterocycles. The number of halogens is 3. The van der Waals surface area contributed by atoms with E-state index in [0.29, 0.717) is 6.54 Å². The molecule has 134 valence electrons. The summed E-state index contributed by atoms with van der Waals surface area (Å²) in [6.45, 7) is 2.92. The molecule has 3 rings (SSSR count). The molecule has 5 nitrogen and oxygen atoms in total. The number of aliphatic hydroxyl groups is 1. The van der Waals surface area contributed by atoms with Crippen LogP contribution < -0.4 is 4.90 Å². The van der Waals surface area contributed by atoms with Gasteiger partial charge in [-0.05, 0) is 38.1 Å². The van der Waals surface area contributed by atoms with Crippen LogP contribution in [0.25, 0.3) is 0 Å². The topological polar surface area (TPSA) is 48.8 Å². The molecular weight excluding hydrogens is 323 g/mol. The molecular formula is C16H22F3N3O2. The van der Waals surface area contributed by atoms with Crippen LogP contribution in [0.15, 0.2) is 18.3 Å². The summed E-state index contributed by atoms with van der Waals surface area (Å²) in [4.78, 5) is 7.56. The molecule has 0 aliphatic carbocycles. The van der Waals surface area contributed by atoms with Gasteiger partial charge >= 0.3 is 6.18 Å². The van der Waals surface area contributed by atoms with Crippen molar-refractivity contribution in [1.82, 2.24) is 9.88 Å². The lowest BCUT2D eigenvalue weighted by atomic mass is 10.0. The molecule has 2 fully saturated rings. The minimum absolute atomic E-state index is 0.0730. The van der Waals surface area contributed by atoms with Gasteiger partial charge in [0.15, 0.2) is 0 Å².